The molecule has 0 heterocycles. The second-order valence-electron chi connectivity index (χ2n) is 4.47. The molecule has 0 bridgehead atoms. The summed E-state index contributed by atoms with van der Waals surface area (Å²) in [6.07, 6.45) is 5.11. The van der Waals surface area contributed by atoms with Crippen LogP contribution >= 0.6 is 0 Å². The van der Waals surface area contributed by atoms with Crippen LogP contribution in [0.3, 0.4) is 0 Å². The molecule has 1 aromatic carbocycles. The number of ether oxygens (including phenoxy) is 1. The molecule has 3 heteroatoms. The Bertz CT molecular complexity index is 568. The van der Waals surface area contributed by atoms with Crippen molar-refractivity contribution >= 4 is 17.8 Å². The van der Waals surface area contributed by atoms with Crippen molar-refractivity contribution in [2.45, 2.75) is 27.7 Å². The summed E-state index contributed by atoms with van der Waals surface area (Å²) in [5.74, 6) is -0.316. The highest BCUT2D eigenvalue weighted by atomic mass is 16.5. The lowest BCUT2D eigenvalue weighted by atomic mass is 9.95. The number of esters is 1. The Kier molecular flexibility index (Phi) is 5.91. The molecule has 0 aromatic heterocycles. The molecule has 0 radical (unpaired) electrons. The topological polar surface area (TPSA) is 50.2 Å². The van der Waals surface area contributed by atoms with Crippen LogP contribution in [0.25, 0.3) is 5.57 Å². The standard InChI is InChI=1S/C17H21NO2/c1-5-7-15(11-18)13(4)16-10-14(9-8-12(16)3)17(19)20-6-2/h5,7-11,18H,6H2,1-4H3/b7-5+,15-13+,18-11?. The van der Waals surface area contributed by atoms with Gasteiger partial charge in [0.25, 0.3) is 0 Å². The molecule has 0 amide bonds. The predicted molar refractivity (Wildman–Crippen MR) is 83.3 cm³/mol. The van der Waals surface area contributed by atoms with Crippen LogP contribution in [0.2, 0.25) is 0 Å². The number of carbonyl (C=O) groups is 1. The third kappa shape index (κ3) is 3.67. The van der Waals surface area contributed by atoms with Gasteiger partial charge in [0.05, 0.1) is 12.2 Å². The highest BCUT2D eigenvalue weighted by molar-refractivity contribution is 5.95. The summed E-state index contributed by atoms with van der Waals surface area (Å²) in [7, 11) is 0. The fourth-order valence-electron chi connectivity index (χ4n) is 1.98. The van der Waals surface area contributed by atoms with Crippen LogP contribution in [0.5, 0.6) is 0 Å². The Morgan fingerprint density at radius 1 is 1.40 bits per heavy atom. The zero-order valence-electron chi connectivity index (χ0n) is 12.5. The maximum Gasteiger partial charge on any atom is 0.338 e. The van der Waals surface area contributed by atoms with E-state index in [1.54, 1.807) is 13.0 Å². The van der Waals surface area contributed by atoms with Crippen LogP contribution in [0.15, 0.2) is 35.9 Å². The molecule has 1 rings (SSSR count). The van der Waals surface area contributed by atoms with Gasteiger partial charge in [0.2, 0.25) is 0 Å². The number of aryl methyl sites for hydroxylation is 1. The molecule has 0 aliphatic heterocycles. The third-order valence-electron chi connectivity index (χ3n) is 3.09. The molecule has 0 spiro atoms. The lowest BCUT2D eigenvalue weighted by Crippen LogP contribution is -2.05. The van der Waals surface area contributed by atoms with Crippen molar-refractivity contribution in [3.05, 3.63) is 52.6 Å². The van der Waals surface area contributed by atoms with Crippen molar-refractivity contribution in [1.29, 1.82) is 5.41 Å². The SMILES string of the molecule is C/C=C/C(C=N)=C(/C)c1cc(C(=O)OCC)ccc1C. The first-order valence-electron chi connectivity index (χ1n) is 6.67. The molecular weight excluding hydrogens is 250 g/mol. The number of carbonyl (C=O) groups excluding carboxylic acids is 1. The summed E-state index contributed by atoms with van der Waals surface area (Å²) in [5, 5.41) is 7.49. The predicted octanol–water partition coefficient (Wildman–Crippen LogP) is 4.17. The minimum atomic E-state index is -0.316. The lowest BCUT2D eigenvalue weighted by Gasteiger charge is -2.11. The Labute approximate surface area is 120 Å². The second-order valence-corrected chi connectivity index (χ2v) is 4.47. The van der Waals surface area contributed by atoms with E-state index in [1.165, 1.54) is 6.21 Å². The number of allylic oxidation sites excluding steroid dienone is 4. The first-order chi connectivity index (χ1) is 9.54. The van der Waals surface area contributed by atoms with Crippen molar-refractivity contribution < 1.29 is 9.53 Å². The van der Waals surface area contributed by atoms with E-state index in [0.29, 0.717) is 12.2 Å². The smallest absolute Gasteiger partial charge is 0.338 e. The van der Waals surface area contributed by atoms with Gasteiger partial charge in [-0.1, -0.05) is 18.2 Å². The minimum absolute atomic E-state index is 0.316. The van der Waals surface area contributed by atoms with Gasteiger partial charge >= 0.3 is 5.97 Å². The summed E-state index contributed by atoms with van der Waals surface area (Å²) in [6, 6.07) is 5.50. The molecule has 1 N–H and O–H groups in total. The van der Waals surface area contributed by atoms with E-state index >= 15 is 0 Å². The molecule has 106 valence electrons. The Morgan fingerprint density at radius 3 is 2.65 bits per heavy atom. The largest absolute Gasteiger partial charge is 0.462 e. The molecule has 0 saturated heterocycles. The van der Waals surface area contributed by atoms with Gasteiger partial charge in [0.1, 0.15) is 0 Å². The number of hydrogen-bond acceptors (Lipinski definition) is 3. The van der Waals surface area contributed by atoms with E-state index in [1.807, 2.05) is 45.1 Å². The highest BCUT2D eigenvalue weighted by Gasteiger charge is 2.11. The fraction of sp³-hybridized carbons (Fsp3) is 0.294. The van der Waals surface area contributed by atoms with Crippen LogP contribution in [-0.2, 0) is 4.74 Å². The van der Waals surface area contributed by atoms with Crippen LogP contribution in [0.1, 0.15) is 42.3 Å². The van der Waals surface area contributed by atoms with E-state index in [-0.39, 0.29) is 5.97 Å². The molecule has 0 unspecified atom stereocenters. The Morgan fingerprint density at radius 2 is 2.10 bits per heavy atom. The first kappa shape index (κ1) is 15.9. The van der Waals surface area contributed by atoms with Gasteiger partial charge in [-0.25, -0.2) is 4.79 Å². The average Bonchev–Trinajstić information content (AvgIpc) is 2.44. The summed E-state index contributed by atoms with van der Waals surface area (Å²) < 4.78 is 5.02. The van der Waals surface area contributed by atoms with Gasteiger partial charge in [-0.2, -0.15) is 0 Å². The number of hydrogen-bond donors (Lipinski definition) is 1. The van der Waals surface area contributed by atoms with Gasteiger partial charge in [0.15, 0.2) is 0 Å². The molecule has 0 aliphatic carbocycles. The molecular formula is C17H21NO2. The maximum atomic E-state index is 11.8. The number of benzene rings is 1. The summed E-state index contributed by atoms with van der Waals surface area (Å²) in [4.78, 5) is 11.8. The zero-order valence-corrected chi connectivity index (χ0v) is 12.5. The number of rotatable bonds is 5. The first-order valence-corrected chi connectivity index (χ1v) is 6.67. The van der Waals surface area contributed by atoms with Gasteiger partial charge in [-0.05, 0) is 62.1 Å². The van der Waals surface area contributed by atoms with Crippen LogP contribution < -0.4 is 0 Å². The van der Waals surface area contributed by atoms with E-state index < -0.39 is 0 Å². The second kappa shape index (κ2) is 7.43. The molecule has 20 heavy (non-hydrogen) atoms. The zero-order chi connectivity index (χ0) is 15.1. The van der Waals surface area contributed by atoms with Gasteiger partial charge < -0.3 is 10.1 Å². The third-order valence-corrected chi connectivity index (χ3v) is 3.09. The minimum Gasteiger partial charge on any atom is -0.462 e. The van der Waals surface area contributed by atoms with E-state index in [9.17, 15) is 4.79 Å². The van der Waals surface area contributed by atoms with Crippen molar-refractivity contribution in [2.24, 2.45) is 0 Å². The van der Waals surface area contributed by atoms with Crippen molar-refractivity contribution in [2.75, 3.05) is 6.61 Å². The van der Waals surface area contributed by atoms with E-state index in [4.69, 9.17) is 10.1 Å². The van der Waals surface area contributed by atoms with Gasteiger partial charge in [0, 0.05) is 6.21 Å². The lowest BCUT2D eigenvalue weighted by molar-refractivity contribution is 0.0526. The van der Waals surface area contributed by atoms with Crippen molar-refractivity contribution in [1.82, 2.24) is 0 Å². The fourth-order valence-corrected chi connectivity index (χ4v) is 1.98. The van der Waals surface area contributed by atoms with Crippen molar-refractivity contribution in [3.8, 4) is 0 Å². The van der Waals surface area contributed by atoms with Crippen LogP contribution in [0.4, 0.5) is 0 Å². The Balaban J connectivity index is 3.34. The molecule has 0 atom stereocenters. The summed E-state index contributed by atoms with van der Waals surface area (Å²) in [6.45, 7) is 8.01. The van der Waals surface area contributed by atoms with E-state index in [0.717, 1.165) is 22.3 Å². The van der Waals surface area contributed by atoms with Crippen molar-refractivity contribution in [3.63, 3.8) is 0 Å². The highest BCUT2D eigenvalue weighted by Crippen LogP contribution is 2.23. The normalized spacial score (nSPS) is 12.2. The molecule has 3 nitrogen and oxygen atoms in total. The summed E-state index contributed by atoms with van der Waals surface area (Å²) >= 11 is 0. The van der Waals surface area contributed by atoms with E-state index in [2.05, 4.69) is 0 Å². The average molecular weight is 271 g/mol. The Hall–Kier alpha value is -2.16. The summed E-state index contributed by atoms with van der Waals surface area (Å²) in [5.41, 5.74) is 4.38. The van der Waals surface area contributed by atoms with Gasteiger partial charge in [-0.15, -0.1) is 0 Å². The maximum absolute atomic E-state index is 11.8. The van der Waals surface area contributed by atoms with Crippen LogP contribution in [-0.4, -0.2) is 18.8 Å². The molecule has 1 aromatic rings. The molecule has 0 fully saturated rings. The van der Waals surface area contributed by atoms with Crippen LogP contribution in [0, 0.1) is 12.3 Å². The monoisotopic (exact) mass is 271 g/mol. The molecule has 0 saturated carbocycles. The quantitative estimate of drug-likeness (QED) is 0.496. The number of nitrogens with one attached hydrogen (secondary N) is 1. The van der Waals surface area contributed by atoms with Gasteiger partial charge in [-0.3, -0.25) is 0 Å². The molecule has 0 aliphatic rings.